The van der Waals surface area contributed by atoms with Crippen LogP contribution in [0.3, 0.4) is 0 Å². The van der Waals surface area contributed by atoms with Crippen LogP contribution in [0.4, 0.5) is 0 Å². The SMILES string of the molecule is O=C(Cc1cccc(O)c1)N1CCCC(O)C1. The summed E-state index contributed by atoms with van der Waals surface area (Å²) in [4.78, 5) is 13.7. The predicted molar refractivity (Wildman–Crippen MR) is 63.6 cm³/mol. The molecule has 1 saturated heterocycles. The average molecular weight is 235 g/mol. The maximum atomic E-state index is 12.0. The standard InChI is InChI=1S/C13H17NO3/c15-11-4-1-3-10(7-11)8-13(17)14-6-2-5-12(16)9-14/h1,3-4,7,12,15-16H,2,5-6,8-9H2. The number of benzene rings is 1. The van der Waals surface area contributed by atoms with E-state index in [0.717, 1.165) is 18.4 Å². The fourth-order valence-electron chi connectivity index (χ4n) is 2.13. The quantitative estimate of drug-likeness (QED) is 0.801. The first-order valence-corrected chi connectivity index (χ1v) is 5.89. The number of β-amino-alcohol motifs (C(OH)–C–C–N with tert-alkyl or cyclic N) is 1. The third-order valence-electron chi connectivity index (χ3n) is 3.02. The number of hydrogen-bond acceptors (Lipinski definition) is 3. The van der Waals surface area contributed by atoms with Gasteiger partial charge in [0.15, 0.2) is 0 Å². The van der Waals surface area contributed by atoms with Crippen molar-refractivity contribution in [2.24, 2.45) is 0 Å². The minimum atomic E-state index is -0.392. The normalized spacial score (nSPS) is 20.3. The lowest BCUT2D eigenvalue weighted by Crippen LogP contribution is -2.42. The molecule has 17 heavy (non-hydrogen) atoms. The molecule has 2 rings (SSSR count). The lowest BCUT2D eigenvalue weighted by molar-refractivity contribution is -0.133. The largest absolute Gasteiger partial charge is 0.508 e. The molecular formula is C13H17NO3. The van der Waals surface area contributed by atoms with Crippen molar-refractivity contribution in [3.05, 3.63) is 29.8 Å². The molecule has 1 aliphatic heterocycles. The second-order valence-corrected chi connectivity index (χ2v) is 4.48. The van der Waals surface area contributed by atoms with Crippen LogP contribution in [0, 0.1) is 0 Å². The van der Waals surface area contributed by atoms with E-state index in [0.29, 0.717) is 13.1 Å². The number of piperidine rings is 1. The number of phenols is 1. The zero-order valence-corrected chi connectivity index (χ0v) is 9.67. The second-order valence-electron chi connectivity index (χ2n) is 4.48. The maximum absolute atomic E-state index is 12.0. The van der Waals surface area contributed by atoms with E-state index >= 15 is 0 Å². The zero-order valence-electron chi connectivity index (χ0n) is 9.67. The van der Waals surface area contributed by atoms with Gasteiger partial charge in [0.2, 0.25) is 5.91 Å². The molecule has 1 heterocycles. The Morgan fingerprint density at radius 1 is 1.47 bits per heavy atom. The molecule has 1 atom stereocenters. The Kier molecular flexibility index (Phi) is 3.64. The Morgan fingerprint density at radius 2 is 2.29 bits per heavy atom. The number of carbonyl (C=O) groups is 1. The summed E-state index contributed by atoms with van der Waals surface area (Å²) in [6, 6.07) is 6.72. The highest BCUT2D eigenvalue weighted by atomic mass is 16.3. The van der Waals surface area contributed by atoms with E-state index in [-0.39, 0.29) is 18.1 Å². The lowest BCUT2D eigenvalue weighted by Gasteiger charge is -2.30. The first kappa shape index (κ1) is 11.9. The molecule has 92 valence electrons. The van der Waals surface area contributed by atoms with Crippen LogP contribution in [-0.2, 0) is 11.2 Å². The Balaban J connectivity index is 1.96. The molecule has 1 aliphatic rings. The molecule has 4 nitrogen and oxygen atoms in total. The van der Waals surface area contributed by atoms with Crippen molar-refractivity contribution < 1.29 is 15.0 Å². The summed E-state index contributed by atoms with van der Waals surface area (Å²) in [5.74, 6) is 0.184. The molecule has 2 N–H and O–H groups in total. The average Bonchev–Trinajstić information content (AvgIpc) is 2.29. The highest BCUT2D eigenvalue weighted by Crippen LogP contribution is 2.15. The van der Waals surface area contributed by atoms with Gasteiger partial charge in [-0.2, -0.15) is 0 Å². The van der Waals surface area contributed by atoms with Gasteiger partial charge < -0.3 is 15.1 Å². The van der Waals surface area contributed by atoms with E-state index in [1.807, 2.05) is 6.07 Å². The monoisotopic (exact) mass is 235 g/mol. The molecule has 0 radical (unpaired) electrons. The summed E-state index contributed by atoms with van der Waals surface area (Å²) < 4.78 is 0. The molecule has 0 saturated carbocycles. The number of nitrogens with zero attached hydrogens (tertiary/aromatic N) is 1. The topological polar surface area (TPSA) is 60.8 Å². The van der Waals surface area contributed by atoms with Gasteiger partial charge in [0.1, 0.15) is 5.75 Å². The minimum Gasteiger partial charge on any atom is -0.508 e. The smallest absolute Gasteiger partial charge is 0.227 e. The highest BCUT2D eigenvalue weighted by molar-refractivity contribution is 5.79. The fourth-order valence-corrected chi connectivity index (χ4v) is 2.13. The van der Waals surface area contributed by atoms with Crippen LogP contribution in [0.5, 0.6) is 5.75 Å². The van der Waals surface area contributed by atoms with Crippen molar-refractivity contribution in [1.29, 1.82) is 0 Å². The van der Waals surface area contributed by atoms with Gasteiger partial charge >= 0.3 is 0 Å². The highest BCUT2D eigenvalue weighted by Gasteiger charge is 2.21. The Hall–Kier alpha value is -1.55. The van der Waals surface area contributed by atoms with Gasteiger partial charge in [0.25, 0.3) is 0 Å². The van der Waals surface area contributed by atoms with Crippen molar-refractivity contribution in [3.8, 4) is 5.75 Å². The summed E-state index contributed by atoms with van der Waals surface area (Å²) >= 11 is 0. The summed E-state index contributed by atoms with van der Waals surface area (Å²) in [5.41, 5.74) is 0.801. The summed E-state index contributed by atoms with van der Waals surface area (Å²) in [6.45, 7) is 1.15. The van der Waals surface area contributed by atoms with E-state index in [1.54, 1.807) is 23.1 Å². The van der Waals surface area contributed by atoms with Crippen LogP contribution >= 0.6 is 0 Å². The van der Waals surface area contributed by atoms with Gasteiger partial charge in [-0.25, -0.2) is 0 Å². The van der Waals surface area contributed by atoms with Crippen LogP contribution in [0.15, 0.2) is 24.3 Å². The van der Waals surface area contributed by atoms with Crippen molar-refractivity contribution in [2.45, 2.75) is 25.4 Å². The lowest BCUT2D eigenvalue weighted by atomic mass is 10.1. The third-order valence-corrected chi connectivity index (χ3v) is 3.02. The number of hydrogen-bond donors (Lipinski definition) is 2. The molecule has 4 heteroatoms. The Bertz CT molecular complexity index is 405. The van der Waals surface area contributed by atoms with E-state index in [1.165, 1.54) is 0 Å². The van der Waals surface area contributed by atoms with Crippen molar-refractivity contribution in [1.82, 2.24) is 4.90 Å². The zero-order chi connectivity index (χ0) is 12.3. The molecular weight excluding hydrogens is 218 g/mol. The Labute approximate surface area is 100 Å². The first-order valence-electron chi connectivity index (χ1n) is 5.89. The number of aliphatic hydroxyl groups excluding tert-OH is 1. The van der Waals surface area contributed by atoms with Crippen LogP contribution in [0.2, 0.25) is 0 Å². The number of carbonyl (C=O) groups excluding carboxylic acids is 1. The number of amides is 1. The molecule has 0 aliphatic carbocycles. The van der Waals surface area contributed by atoms with Crippen LogP contribution in [0.25, 0.3) is 0 Å². The van der Waals surface area contributed by atoms with Crippen LogP contribution in [0.1, 0.15) is 18.4 Å². The van der Waals surface area contributed by atoms with Gasteiger partial charge in [-0.3, -0.25) is 4.79 Å². The van der Waals surface area contributed by atoms with E-state index in [9.17, 15) is 15.0 Å². The van der Waals surface area contributed by atoms with E-state index < -0.39 is 6.10 Å². The van der Waals surface area contributed by atoms with Crippen molar-refractivity contribution in [2.75, 3.05) is 13.1 Å². The predicted octanol–water partition coefficient (Wildman–Crippen LogP) is 0.918. The van der Waals surface area contributed by atoms with Gasteiger partial charge in [-0.15, -0.1) is 0 Å². The number of aromatic hydroxyl groups is 1. The van der Waals surface area contributed by atoms with Crippen molar-refractivity contribution in [3.63, 3.8) is 0 Å². The molecule has 0 aromatic heterocycles. The maximum Gasteiger partial charge on any atom is 0.227 e. The van der Waals surface area contributed by atoms with Crippen LogP contribution < -0.4 is 0 Å². The third kappa shape index (κ3) is 3.20. The molecule has 0 spiro atoms. The van der Waals surface area contributed by atoms with Crippen LogP contribution in [-0.4, -0.2) is 40.2 Å². The van der Waals surface area contributed by atoms with Gasteiger partial charge in [-0.1, -0.05) is 12.1 Å². The van der Waals surface area contributed by atoms with E-state index in [4.69, 9.17) is 0 Å². The molecule has 1 aromatic carbocycles. The number of aliphatic hydroxyl groups is 1. The summed E-state index contributed by atoms with van der Waals surface area (Å²) in [7, 11) is 0. The number of phenolic OH excluding ortho intramolecular Hbond substituents is 1. The Morgan fingerprint density at radius 3 is 3.00 bits per heavy atom. The molecule has 0 bridgehead atoms. The number of likely N-dealkylation sites (tertiary alicyclic amines) is 1. The second kappa shape index (κ2) is 5.19. The van der Waals surface area contributed by atoms with Crippen molar-refractivity contribution >= 4 is 5.91 Å². The molecule has 1 aromatic rings. The van der Waals surface area contributed by atoms with Gasteiger partial charge in [0.05, 0.1) is 12.5 Å². The van der Waals surface area contributed by atoms with E-state index in [2.05, 4.69) is 0 Å². The first-order chi connectivity index (χ1) is 8.15. The van der Waals surface area contributed by atoms with Gasteiger partial charge in [0, 0.05) is 13.1 Å². The number of rotatable bonds is 2. The molecule has 1 fully saturated rings. The molecule has 1 amide bonds. The molecule has 1 unspecified atom stereocenters. The summed E-state index contributed by atoms with van der Waals surface area (Å²) in [6.07, 6.45) is 1.51. The summed E-state index contributed by atoms with van der Waals surface area (Å²) in [5, 5.41) is 18.8. The fraction of sp³-hybridized carbons (Fsp3) is 0.462. The van der Waals surface area contributed by atoms with Gasteiger partial charge in [-0.05, 0) is 30.5 Å². The minimum absolute atomic E-state index is 0.00866.